The first-order valence-corrected chi connectivity index (χ1v) is 8.47. The molecule has 0 atom stereocenters. The summed E-state index contributed by atoms with van der Waals surface area (Å²) in [5.41, 5.74) is 1.00. The first-order valence-electron chi connectivity index (χ1n) is 7.59. The van der Waals surface area contributed by atoms with Crippen LogP contribution in [-0.2, 0) is 17.6 Å². The van der Waals surface area contributed by atoms with Gasteiger partial charge in [-0.05, 0) is 24.8 Å². The van der Waals surface area contributed by atoms with Crippen molar-refractivity contribution >= 4 is 23.2 Å². The first kappa shape index (κ1) is 15.7. The highest BCUT2D eigenvalue weighted by Crippen LogP contribution is 2.48. The summed E-state index contributed by atoms with van der Waals surface area (Å²) >= 11 is 1.31. The van der Waals surface area contributed by atoms with E-state index in [1.807, 2.05) is 18.2 Å². The van der Waals surface area contributed by atoms with Crippen LogP contribution in [0, 0.1) is 5.41 Å². The standard InChI is InChI=1S/C17H18N2O3S/c20-15(21)13-11-23-14(19-13)6-9-18-16(22)17(7-8-17)10-12-4-2-1-3-5-12/h1-5,11H,6-10H2,(H,18,22)(H,20,21). The van der Waals surface area contributed by atoms with E-state index in [0.29, 0.717) is 13.0 Å². The lowest BCUT2D eigenvalue weighted by molar-refractivity contribution is -0.126. The molecule has 0 radical (unpaired) electrons. The van der Waals surface area contributed by atoms with Crippen LogP contribution in [0.1, 0.15) is 33.9 Å². The largest absolute Gasteiger partial charge is 0.476 e. The first-order chi connectivity index (χ1) is 11.1. The lowest BCUT2D eigenvalue weighted by Crippen LogP contribution is -2.34. The zero-order valence-electron chi connectivity index (χ0n) is 12.6. The Labute approximate surface area is 138 Å². The van der Waals surface area contributed by atoms with Crippen molar-refractivity contribution in [1.82, 2.24) is 10.3 Å². The van der Waals surface area contributed by atoms with Crippen LogP contribution >= 0.6 is 11.3 Å². The van der Waals surface area contributed by atoms with Gasteiger partial charge in [-0.25, -0.2) is 9.78 Å². The second-order valence-electron chi connectivity index (χ2n) is 5.88. The average molecular weight is 330 g/mol. The van der Waals surface area contributed by atoms with Crippen LogP contribution in [0.15, 0.2) is 35.7 Å². The maximum atomic E-state index is 12.4. The van der Waals surface area contributed by atoms with Crippen molar-refractivity contribution in [3.05, 3.63) is 52.0 Å². The molecule has 1 fully saturated rings. The molecule has 3 rings (SSSR count). The summed E-state index contributed by atoms with van der Waals surface area (Å²) in [4.78, 5) is 27.2. The van der Waals surface area contributed by atoms with Crippen molar-refractivity contribution in [2.45, 2.75) is 25.7 Å². The number of hydrogen-bond acceptors (Lipinski definition) is 4. The Morgan fingerprint density at radius 3 is 2.61 bits per heavy atom. The predicted molar refractivity (Wildman–Crippen MR) is 87.6 cm³/mol. The molecule has 1 heterocycles. The van der Waals surface area contributed by atoms with Crippen LogP contribution in [0.3, 0.4) is 0 Å². The molecule has 1 saturated carbocycles. The third-order valence-electron chi connectivity index (χ3n) is 4.12. The van der Waals surface area contributed by atoms with Gasteiger partial charge in [0.25, 0.3) is 0 Å². The minimum Gasteiger partial charge on any atom is -0.476 e. The smallest absolute Gasteiger partial charge is 0.355 e. The number of amides is 1. The molecular formula is C17H18N2O3S. The maximum Gasteiger partial charge on any atom is 0.355 e. The van der Waals surface area contributed by atoms with Crippen molar-refractivity contribution in [3.63, 3.8) is 0 Å². The monoisotopic (exact) mass is 330 g/mol. The molecule has 1 aliphatic rings. The molecule has 0 bridgehead atoms. The van der Waals surface area contributed by atoms with Gasteiger partial charge < -0.3 is 10.4 Å². The van der Waals surface area contributed by atoms with Gasteiger partial charge in [0.2, 0.25) is 5.91 Å². The fraction of sp³-hybridized carbons (Fsp3) is 0.353. The lowest BCUT2D eigenvalue weighted by Gasteiger charge is -2.15. The Kier molecular flexibility index (Phi) is 4.43. The van der Waals surface area contributed by atoms with Crippen molar-refractivity contribution in [3.8, 4) is 0 Å². The second-order valence-corrected chi connectivity index (χ2v) is 6.82. The fourth-order valence-electron chi connectivity index (χ4n) is 2.62. The minimum absolute atomic E-state index is 0.0686. The number of rotatable bonds is 7. The molecular weight excluding hydrogens is 312 g/mol. The normalized spacial score (nSPS) is 15.1. The Morgan fingerprint density at radius 1 is 1.26 bits per heavy atom. The number of hydrogen-bond donors (Lipinski definition) is 2. The van der Waals surface area contributed by atoms with E-state index in [1.165, 1.54) is 22.3 Å². The topological polar surface area (TPSA) is 79.3 Å². The van der Waals surface area contributed by atoms with Gasteiger partial charge in [0.1, 0.15) is 0 Å². The van der Waals surface area contributed by atoms with Crippen LogP contribution < -0.4 is 5.32 Å². The third-order valence-corrected chi connectivity index (χ3v) is 5.02. The number of carbonyl (C=O) groups is 2. The summed E-state index contributed by atoms with van der Waals surface area (Å²) in [6.45, 7) is 0.488. The lowest BCUT2D eigenvalue weighted by atomic mass is 9.95. The average Bonchev–Trinajstić information content (AvgIpc) is 3.16. The Bertz CT molecular complexity index is 708. The highest BCUT2D eigenvalue weighted by molar-refractivity contribution is 7.09. The van der Waals surface area contributed by atoms with Gasteiger partial charge in [-0.1, -0.05) is 30.3 Å². The molecule has 2 aromatic rings. The molecule has 2 N–H and O–H groups in total. The number of aromatic nitrogens is 1. The van der Waals surface area contributed by atoms with Crippen molar-refractivity contribution in [1.29, 1.82) is 0 Å². The van der Waals surface area contributed by atoms with Gasteiger partial charge in [0.15, 0.2) is 5.69 Å². The molecule has 0 saturated heterocycles. The SMILES string of the molecule is O=C(O)c1csc(CCNC(=O)C2(Cc3ccccc3)CC2)n1. The van der Waals surface area contributed by atoms with Crippen LogP contribution in [-0.4, -0.2) is 28.5 Å². The third kappa shape index (κ3) is 3.76. The van der Waals surface area contributed by atoms with Crippen LogP contribution in [0.5, 0.6) is 0 Å². The van der Waals surface area contributed by atoms with E-state index in [1.54, 1.807) is 0 Å². The Balaban J connectivity index is 1.50. The number of carboxylic acids is 1. The van der Waals surface area contributed by atoms with Crippen LogP contribution in [0.4, 0.5) is 0 Å². The van der Waals surface area contributed by atoms with Gasteiger partial charge in [-0.2, -0.15) is 0 Å². The zero-order chi connectivity index (χ0) is 16.3. The summed E-state index contributed by atoms with van der Waals surface area (Å²) in [5.74, 6) is -0.923. The van der Waals surface area contributed by atoms with E-state index < -0.39 is 5.97 Å². The van der Waals surface area contributed by atoms with E-state index in [4.69, 9.17) is 5.11 Å². The van der Waals surface area contributed by atoms with Crippen molar-refractivity contribution in [2.24, 2.45) is 5.41 Å². The summed E-state index contributed by atoms with van der Waals surface area (Å²) in [6, 6.07) is 10.1. The molecule has 0 spiro atoms. The molecule has 1 aromatic carbocycles. The van der Waals surface area contributed by atoms with E-state index in [-0.39, 0.29) is 17.0 Å². The zero-order valence-corrected chi connectivity index (χ0v) is 13.4. The van der Waals surface area contributed by atoms with E-state index in [2.05, 4.69) is 22.4 Å². The summed E-state index contributed by atoms with van der Waals surface area (Å²) in [7, 11) is 0. The predicted octanol–water partition coefficient (Wildman–Crippen LogP) is 2.52. The van der Waals surface area contributed by atoms with Crippen LogP contribution in [0.25, 0.3) is 0 Å². The summed E-state index contributed by atoms with van der Waals surface area (Å²) in [6.07, 6.45) is 3.19. The number of thiazole rings is 1. The highest BCUT2D eigenvalue weighted by Gasteiger charge is 2.49. The van der Waals surface area contributed by atoms with Gasteiger partial charge in [-0.15, -0.1) is 11.3 Å². The number of carboxylic acid groups (broad SMARTS) is 1. The maximum absolute atomic E-state index is 12.4. The van der Waals surface area contributed by atoms with E-state index >= 15 is 0 Å². The number of benzene rings is 1. The molecule has 0 aliphatic heterocycles. The summed E-state index contributed by atoms with van der Waals surface area (Å²) < 4.78 is 0. The number of nitrogens with zero attached hydrogens (tertiary/aromatic N) is 1. The molecule has 120 valence electrons. The molecule has 1 amide bonds. The Hall–Kier alpha value is -2.21. The van der Waals surface area contributed by atoms with E-state index in [9.17, 15) is 9.59 Å². The molecule has 1 aliphatic carbocycles. The van der Waals surface area contributed by atoms with Crippen molar-refractivity contribution in [2.75, 3.05) is 6.54 Å². The number of nitrogens with one attached hydrogen (secondary N) is 1. The number of aromatic carboxylic acids is 1. The Morgan fingerprint density at radius 2 is 2.00 bits per heavy atom. The highest BCUT2D eigenvalue weighted by atomic mass is 32.1. The quantitative estimate of drug-likeness (QED) is 0.817. The van der Waals surface area contributed by atoms with Gasteiger partial charge >= 0.3 is 5.97 Å². The molecule has 23 heavy (non-hydrogen) atoms. The second kappa shape index (κ2) is 6.50. The summed E-state index contributed by atoms with van der Waals surface area (Å²) in [5, 5.41) is 14.1. The molecule has 0 unspecified atom stereocenters. The minimum atomic E-state index is -1.02. The van der Waals surface area contributed by atoms with Gasteiger partial charge in [0, 0.05) is 18.3 Å². The van der Waals surface area contributed by atoms with Gasteiger partial charge in [0.05, 0.1) is 10.4 Å². The molecule has 5 nitrogen and oxygen atoms in total. The van der Waals surface area contributed by atoms with Gasteiger partial charge in [-0.3, -0.25) is 4.79 Å². The molecule has 6 heteroatoms. The number of carbonyl (C=O) groups excluding carboxylic acids is 1. The van der Waals surface area contributed by atoms with Crippen molar-refractivity contribution < 1.29 is 14.7 Å². The fourth-order valence-corrected chi connectivity index (χ4v) is 3.39. The molecule has 1 aromatic heterocycles. The van der Waals surface area contributed by atoms with E-state index in [0.717, 1.165) is 24.3 Å². The van der Waals surface area contributed by atoms with Crippen LogP contribution in [0.2, 0.25) is 0 Å².